The fourth-order valence-electron chi connectivity index (χ4n) is 3.31. The van der Waals surface area contributed by atoms with Crippen LogP contribution in [0.2, 0.25) is 0 Å². The van der Waals surface area contributed by atoms with Crippen molar-refractivity contribution in [2.24, 2.45) is 35.3 Å². The molecule has 1 saturated carbocycles. The molecule has 0 aromatic rings. The number of nitrogens with one attached hydrogen (secondary N) is 1. The predicted octanol–water partition coefficient (Wildman–Crippen LogP) is 2.79. The van der Waals surface area contributed by atoms with Gasteiger partial charge in [0.15, 0.2) is 0 Å². The average molecular weight is 268 g/mol. The second-order valence-corrected chi connectivity index (χ2v) is 7.05. The monoisotopic (exact) mass is 268 g/mol. The molecule has 112 valence electrons. The van der Waals surface area contributed by atoms with Crippen LogP contribution in [-0.4, -0.2) is 18.5 Å². The Morgan fingerprint density at radius 1 is 1.21 bits per heavy atom. The third-order valence-electron chi connectivity index (χ3n) is 4.80. The molecule has 0 bridgehead atoms. The van der Waals surface area contributed by atoms with E-state index in [1.54, 1.807) is 0 Å². The summed E-state index contributed by atoms with van der Waals surface area (Å²) in [5.74, 6) is 2.56. The highest BCUT2D eigenvalue weighted by Crippen LogP contribution is 2.29. The molecule has 3 heteroatoms. The summed E-state index contributed by atoms with van der Waals surface area (Å²) >= 11 is 0. The topological polar surface area (TPSA) is 55.1 Å². The first-order chi connectivity index (χ1) is 8.82. The fourth-order valence-corrected chi connectivity index (χ4v) is 3.31. The molecule has 0 aromatic carbocycles. The number of rotatable bonds is 5. The van der Waals surface area contributed by atoms with Gasteiger partial charge in [0.2, 0.25) is 5.91 Å². The number of hydrogen-bond acceptors (Lipinski definition) is 2. The van der Waals surface area contributed by atoms with E-state index >= 15 is 0 Å². The largest absolute Gasteiger partial charge is 0.356 e. The Hall–Kier alpha value is -0.570. The van der Waals surface area contributed by atoms with Gasteiger partial charge in [-0.1, -0.05) is 34.6 Å². The molecular formula is C16H32N2O. The first kappa shape index (κ1) is 16.5. The first-order valence-electron chi connectivity index (χ1n) is 7.86. The highest BCUT2D eigenvalue weighted by molar-refractivity contribution is 5.79. The summed E-state index contributed by atoms with van der Waals surface area (Å²) in [4.78, 5) is 12.3. The molecular weight excluding hydrogens is 236 g/mol. The molecule has 0 spiro atoms. The second-order valence-electron chi connectivity index (χ2n) is 7.05. The Kier molecular flexibility index (Phi) is 6.31. The van der Waals surface area contributed by atoms with E-state index < -0.39 is 0 Å². The van der Waals surface area contributed by atoms with Crippen LogP contribution in [0.5, 0.6) is 0 Å². The van der Waals surface area contributed by atoms with E-state index in [1.165, 1.54) is 0 Å². The van der Waals surface area contributed by atoms with Gasteiger partial charge in [0.05, 0.1) is 0 Å². The molecule has 3 N–H and O–H groups in total. The van der Waals surface area contributed by atoms with Crippen LogP contribution in [0.1, 0.15) is 53.9 Å². The molecule has 19 heavy (non-hydrogen) atoms. The minimum Gasteiger partial charge on any atom is -0.356 e. The molecule has 1 fully saturated rings. The number of carbonyl (C=O) groups excluding carboxylic acids is 1. The van der Waals surface area contributed by atoms with Gasteiger partial charge in [-0.2, -0.15) is 0 Å². The molecule has 0 aliphatic heterocycles. The van der Waals surface area contributed by atoms with Crippen LogP contribution >= 0.6 is 0 Å². The third-order valence-corrected chi connectivity index (χ3v) is 4.80. The van der Waals surface area contributed by atoms with Crippen molar-refractivity contribution < 1.29 is 4.79 Å². The summed E-state index contributed by atoms with van der Waals surface area (Å²) in [6.07, 6.45) is 2.99. The summed E-state index contributed by atoms with van der Waals surface area (Å²) in [5, 5.41) is 3.17. The van der Waals surface area contributed by atoms with E-state index in [4.69, 9.17) is 5.73 Å². The minimum atomic E-state index is 0.115. The zero-order chi connectivity index (χ0) is 14.6. The SMILES string of the molecule is CC(C)C(CNC(=O)C1CC(N)CCC1C)C(C)C. The summed E-state index contributed by atoms with van der Waals surface area (Å²) in [7, 11) is 0. The Balaban J connectivity index is 2.49. The zero-order valence-electron chi connectivity index (χ0n) is 13.3. The van der Waals surface area contributed by atoms with Crippen molar-refractivity contribution in [3.05, 3.63) is 0 Å². The normalized spacial score (nSPS) is 28.2. The van der Waals surface area contributed by atoms with E-state index in [-0.39, 0.29) is 17.9 Å². The van der Waals surface area contributed by atoms with Crippen LogP contribution in [0.4, 0.5) is 0 Å². The van der Waals surface area contributed by atoms with E-state index in [1.807, 2.05) is 0 Å². The summed E-state index contributed by atoms with van der Waals surface area (Å²) in [6.45, 7) is 11.9. The van der Waals surface area contributed by atoms with Crippen LogP contribution in [0.25, 0.3) is 0 Å². The van der Waals surface area contributed by atoms with Crippen molar-refractivity contribution in [2.75, 3.05) is 6.54 Å². The van der Waals surface area contributed by atoms with Crippen LogP contribution < -0.4 is 11.1 Å². The van der Waals surface area contributed by atoms with Crippen LogP contribution in [-0.2, 0) is 4.79 Å². The molecule has 3 nitrogen and oxygen atoms in total. The van der Waals surface area contributed by atoms with Crippen LogP contribution in [0.15, 0.2) is 0 Å². The fraction of sp³-hybridized carbons (Fsp3) is 0.938. The van der Waals surface area contributed by atoms with Gasteiger partial charge >= 0.3 is 0 Å². The van der Waals surface area contributed by atoms with Crippen molar-refractivity contribution in [3.63, 3.8) is 0 Å². The van der Waals surface area contributed by atoms with Gasteiger partial charge in [0.25, 0.3) is 0 Å². The lowest BCUT2D eigenvalue weighted by Gasteiger charge is -2.32. The van der Waals surface area contributed by atoms with Crippen LogP contribution in [0.3, 0.4) is 0 Å². The highest BCUT2D eigenvalue weighted by Gasteiger charge is 2.31. The molecule has 0 saturated heterocycles. The van der Waals surface area contributed by atoms with Gasteiger partial charge in [0, 0.05) is 18.5 Å². The molecule has 0 heterocycles. The number of hydrogen-bond donors (Lipinski definition) is 2. The highest BCUT2D eigenvalue weighted by atomic mass is 16.1. The molecule has 0 radical (unpaired) electrons. The lowest BCUT2D eigenvalue weighted by Crippen LogP contribution is -2.43. The van der Waals surface area contributed by atoms with Crippen molar-refractivity contribution in [3.8, 4) is 0 Å². The minimum absolute atomic E-state index is 0.115. The maximum absolute atomic E-state index is 12.3. The molecule has 1 aliphatic carbocycles. The van der Waals surface area contributed by atoms with Crippen molar-refractivity contribution in [2.45, 2.75) is 59.9 Å². The Bertz CT molecular complexity index is 280. The van der Waals surface area contributed by atoms with Gasteiger partial charge < -0.3 is 11.1 Å². The van der Waals surface area contributed by atoms with E-state index in [2.05, 4.69) is 39.9 Å². The van der Waals surface area contributed by atoms with Gasteiger partial charge in [-0.05, 0) is 42.9 Å². The molecule has 0 aromatic heterocycles. The van der Waals surface area contributed by atoms with Gasteiger partial charge in [-0.25, -0.2) is 0 Å². The summed E-state index contributed by atoms with van der Waals surface area (Å²) in [5.41, 5.74) is 6.00. The Morgan fingerprint density at radius 3 is 2.32 bits per heavy atom. The second kappa shape index (κ2) is 7.28. The van der Waals surface area contributed by atoms with Crippen molar-refractivity contribution in [1.29, 1.82) is 0 Å². The van der Waals surface area contributed by atoms with Gasteiger partial charge in [-0.15, -0.1) is 0 Å². The zero-order valence-corrected chi connectivity index (χ0v) is 13.3. The maximum Gasteiger partial charge on any atom is 0.223 e. The number of amides is 1. The standard InChI is InChI=1S/C16H32N2O/c1-10(2)15(11(3)4)9-18-16(19)14-8-13(17)7-6-12(14)5/h10-15H,6-9,17H2,1-5H3,(H,18,19). The van der Waals surface area contributed by atoms with E-state index in [0.29, 0.717) is 23.7 Å². The molecule has 1 aliphatic rings. The predicted molar refractivity (Wildman–Crippen MR) is 80.7 cm³/mol. The lowest BCUT2D eigenvalue weighted by molar-refractivity contribution is -0.128. The maximum atomic E-state index is 12.3. The lowest BCUT2D eigenvalue weighted by atomic mass is 9.77. The van der Waals surface area contributed by atoms with E-state index in [9.17, 15) is 4.79 Å². The van der Waals surface area contributed by atoms with Gasteiger partial charge in [0.1, 0.15) is 0 Å². The Morgan fingerprint density at radius 2 is 1.79 bits per heavy atom. The molecule has 3 atom stereocenters. The summed E-state index contributed by atoms with van der Waals surface area (Å²) in [6, 6.07) is 0.206. The van der Waals surface area contributed by atoms with Crippen LogP contribution in [0, 0.1) is 29.6 Å². The number of carbonyl (C=O) groups is 1. The molecule has 1 rings (SSSR count). The van der Waals surface area contributed by atoms with Crippen molar-refractivity contribution in [1.82, 2.24) is 5.32 Å². The Labute approximate surface area is 118 Å². The van der Waals surface area contributed by atoms with Crippen molar-refractivity contribution >= 4 is 5.91 Å². The molecule has 1 amide bonds. The number of nitrogens with two attached hydrogens (primary N) is 1. The first-order valence-corrected chi connectivity index (χ1v) is 7.86. The van der Waals surface area contributed by atoms with Gasteiger partial charge in [-0.3, -0.25) is 4.79 Å². The van der Waals surface area contributed by atoms with E-state index in [0.717, 1.165) is 25.8 Å². The summed E-state index contributed by atoms with van der Waals surface area (Å²) < 4.78 is 0. The third kappa shape index (κ3) is 4.79. The molecule has 3 unspecified atom stereocenters. The quantitative estimate of drug-likeness (QED) is 0.805. The average Bonchev–Trinajstić information content (AvgIpc) is 2.31. The smallest absolute Gasteiger partial charge is 0.223 e.